The largest absolute Gasteiger partial charge is 0.489 e. The molecule has 2 unspecified atom stereocenters. The minimum Gasteiger partial charge on any atom is -0.489 e. The van der Waals surface area contributed by atoms with Crippen LogP contribution in [0.1, 0.15) is 52.4 Å². The highest BCUT2D eigenvalue weighted by atomic mass is 35.5. The van der Waals surface area contributed by atoms with Crippen LogP contribution in [0.3, 0.4) is 0 Å². The van der Waals surface area contributed by atoms with E-state index in [0.717, 1.165) is 0 Å². The Bertz CT molecular complexity index is 1120. The number of halogens is 1. The summed E-state index contributed by atoms with van der Waals surface area (Å²) in [5.74, 6) is -1.92. The summed E-state index contributed by atoms with van der Waals surface area (Å²) in [7, 11) is 2.72. The summed E-state index contributed by atoms with van der Waals surface area (Å²) in [4.78, 5) is 28.5. The maximum Gasteiger partial charge on any atom is 0.358 e. The van der Waals surface area contributed by atoms with Crippen molar-refractivity contribution in [1.82, 2.24) is 19.7 Å². The number of carboxylic acids is 1. The van der Waals surface area contributed by atoms with Gasteiger partial charge in [-0.1, -0.05) is 36.7 Å². The molecule has 29 heavy (non-hydrogen) atoms. The number of aromatic carboxylic acids is 1. The van der Waals surface area contributed by atoms with Crippen LogP contribution in [-0.2, 0) is 7.05 Å². The van der Waals surface area contributed by atoms with Crippen molar-refractivity contribution in [3.63, 3.8) is 0 Å². The number of rotatable bonds is 6. The lowest BCUT2D eigenvalue weighted by atomic mass is 9.86. The molecule has 3 rings (SSSR count). The fraction of sp³-hybridized carbons (Fsp3) is 0.316. The SMILES string of the molecule is COc1c(C(=O)O)nc(C(C)C(c2nnc(C)o2)c2ccccc2Cl)n(C)c1=O. The van der Waals surface area contributed by atoms with E-state index in [-0.39, 0.29) is 17.5 Å². The Hall–Kier alpha value is -3.20. The number of aromatic nitrogens is 4. The lowest BCUT2D eigenvalue weighted by molar-refractivity contribution is 0.0685. The van der Waals surface area contributed by atoms with Crippen LogP contribution in [-0.4, -0.2) is 37.9 Å². The van der Waals surface area contributed by atoms with Crippen LogP contribution in [0.5, 0.6) is 5.75 Å². The third-order valence-electron chi connectivity index (χ3n) is 4.65. The summed E-state index contributed by atoms with van der Waals surface area (Å²) in [6, 6.07) is 7.13. The van der Waals surface area contributed by atoms with E-state index < -0.39 is 29.1 Å². The molecule has 2 atom stereocenters. The van der Waals surface area contributed by atoms with Crippen molar-refractivity contribution in [3.8, 4) is 5.75 Å². The van der Waals surface area contributed by atoms with E-state index in [9.17, 15) is 14.7 Å². The Balaban J connectivity index is 2.24. The van der Waals surface area contributed by atoms with Gasteiger partial charge in [0, 0.05) is 24.9 Å². The predicted molar refractivity (Wildman–Crippen MR) is 104 cm³/mol. The van der Waals surface area contributed by atoms with Crippen molar-refractivity contribution >= 4 is 17.6 Å². The summed E-state index contributed by atoms with van der Waals surface area (Å²) in [5.41, 5.74) is -0.384. The average Bonchev–Trinajstić information content (AvgIpc) is 3.11. The van der Waals surface area contributed by atoms with Crippen molar-refractivity contribution in [2.45, 2.75) is 25.7 Å². The van der Waals surface area contributed by atoms with E-state index in [0.29, 0.717) is 16.5 Å². The summed E-state index contributed by atoms with van der Waals surface area (Å²) >= 11 is 6.41. The molecule has 2 aromatic heterocycles. The van der Waals surface area contributed by atoms with Gasteiger partial charge in [-0.3, -0.25) is 9.36 Å². The Kier molecular flexibility index (Phi) is 5.69. The van der Waals surface area contributed by atoms with Crippen molar-refractivity contribution in [2.24, 2.45) is 7.05 Å². The normalized spacial score (nSPS) is 13.1. The van der Waals surface area contributed by atoms with Gasteiger partial charge < -0.3 is 14.3 Å². The Morgan fingerprint density at radius 1 is 1.31 bits per heavy atom. The van der Waals surface area contributed by atoms with Crippen LogP contribution in [0.25, 0.3) is 0 Å². The number of benzene rings is 1. The minimum atomic E-state index is -1.36. The van der Waals surface area contributed by atoms with Gasteiger partial charge in [0.25, 0.3) is 5.56 Å². The van der Waals surface area contributed by atoms with E-state index in [4.69, 9.17) is 20.8 Å². The van der Waals surface area contributed by atoms with E-state index in [1.54, 1.807) is 26.0 Å². The first-order valence-electron chi connectivity index (χ1n) is 8.68. The second kappa shape index (κ2) is 8.04. The molecule has 0 aliphatic carbocycles. The molecule has 10 heteroatoms. The molecule has 1 N–H and O–H groups in total. The number of aryl methyl sites for hydroxylation is 1. The number of carbonyl (C=O) groups is 1. The van der Waals surface area contributed by atoms with Crippen molar-refractivity contribution < 1.29 is 19.1 Å². The first-order valence-corrected chi connectivity index (χ1v) is 9.06. The molecule has 1 aromatic carbocycles. The van der Waals surface area contributed by atoms with Gasteiger partial charge in [0.1, 0.15) is 5.82 Å². The van der Waals surface area contributed by atoms with Crippen LogP contribution in [0.15, 0.2) is 33.5 Å². The number of ether oxygens (including phenoxy) is 1. The molecule has 0 bridgehead atoms. The molecular weight excluding hydrogens is 400 g/mol. The van der Waals surface area contributed by atoms with E-state index in [2.05, 4.69) is 15.2 Å². The number of carboxylic acid groups (broad SMARTS) is 1. The molecule has 9 nitrogen and oxygen atoms in total. The highest BCUT2D eigenvalue weighted by molar-refractivity contribution is 6.31. The standard InChI is InChI=1S/C19H19ClN4O5/c1-9(16-21-14(19(26)27)15(28-4)18(25)24(16)3)13(17-23-22-10(2)29-17)11-7-5-6-8-12(11)20/h5-9,13H,1-4H3,(H,26,27). The maximum absolute atomic E-state index is 12.7. The minimum absolute atomic E-state index is 0.217. The van der Waals surface area contributed by atoms with Crippen LogP contribution in [0.4, 0.5) is 0 Å². The van der Waals surface area contributed by atoms with Crippen LogP contribution in [0, 0.1) is 6.92 Å². The highest BCUT2D eigenvalue weighted by Gasteiger charge is 2.33. The number of methoxy groups -OCH3 is 1. The van der Waals surface area contributed by atoms with Gasteiger partial charge in [0.05, 0.1) is 13.0 Å². The first kappa shape index (κ1) is 20.5. The van der Waals surface area contributed by atoms with Gasteiger partial charge in [-0.15, -0.1) is 10.2 Å². The zero-order valence-corrected chi connectivity index (χ0v) is 17.0. The molecule has 0 spiro atoms. The third-order valence-corrected chi connectivity index (χ3v) is 4.99. The topological polar surface area (TPSA) is 120 Å². The Morgan fingerprint density at radius 2 is 2.00 bits per heavy atom. The number of nitrogens with zero attached hydrogens (tertiary/aromatic N) is 4. The molecule has 3 aromatic rings. The quantitative estimate of drug-likeness (QED) is 0.648. The molecule has 0 fully saturated rings. The second-order valence-corrected chi connectivity index (χ2v) is 6.88. The first-order chi connectivity index (χ1) is 13.8. The van der Waals surface area contributed by atoms with Crippen LogP contribution >= 0.6 is 11.6 Å². The smallest absolute Gasteiger partial charge is 0.358 e. The van der Waals surface area contributed by atoms with Crippen molar-refractivity contribution in [3.05, 3.63) is 68.5 Å². The molecule has 0 saturated carbocycles. The fourth-order valence-electron chi connectivity index (χ4n) is 3.26. The molecule has 0 aliphatic rings. The molecule has 2 heterocycles. The van der Waals surface area contributed by atoms with E-state index in [1.807, 2.05) is 12.1 Å². The lowest BCUT2D eigenvalue weighted by Gasteiger charge is -2.24. The lowest BCUT2D eigenvalue weighted by Crippen LogP contribution is -2.29. The van der Waals surface area contributed by atoms with Crippen molar-refractivity contribution in [2.75, 3.05) is 7.11 Å². The Labute approximate surface area is 170 Å². The molecule has 0 saturated heterocycles. The fourth-order valence-corrected chi connectivity index (χ4v) is 3.52. The summed E-state index contributed by atoms with van der Waals surface area (Å²) < 4.78 is 11.9. The zero-order valence-electron chi connectivity index (χ0n) is 16.2. The van der Waals surface area contributed by atoms with E-state index >= 15 is 0 Å². The van der Waals surface area contributed by atoms with Gasteiger partial charge >= 0.3 is 5.97 Å². The van der Waals surface area contributed by atoms with Crippen molar-refractivity contribution in [1.29, 1.82) is 0 Å². The van der Waals surface area contributed by atoms with Gasteiger partial charge in [0.15, 0.2) is 5.69 Å². The molecule has 0 aliphatic heterocycles. The summed E-state index contributed by atoms with van der Waals surface area (Å²) in [6.45, 7) is 3.45. The second-order valence-electron chi connectivity index (χ2n) is 6.47. The summed E-state index contributed by atoms with van der Waals surface area (Å²) in [6.07, 6.45) is 0. The monoisotopic (exact) mass is 418 g/mol. The van der Waals surface area contributed by atoms with Crippen LogP contribution < -0.4 is 10.3 Å². The maximum atomic E-state index is 12.7. The zero-order chi connectivity index (χ0) is 21.3. The van der Waals surface area contributed by atoms with Gasteiger partial charge in [-0.25, -0.2) is 9.78 Å². The van der Waals surface area contributed by atoms with E-state index in [1.165, 1.54) is 18.7 Å². The molecule has 0 amide bonds. The molecule has 152 valence electrons. The predicted octanol–water partition coefficient (Wildman–Crippen LogP) is 2.77. The third kappa shape index (κ3) is 3.73. The average molecular weight is 419 g/mol. The van der Waals surface area contributed by atoms with Gasteiger partial charge in [-0.2, -0.15) is 0 Å². The van der Waals surface area contributed by atoms with Gasteiger partial charge in [0.2, 0.25) is 17.5 Å². The van der Waals surface area contributed by atoms with Gasteiger partial charge in [-0.05, 0) is 11.6 Å². The Morgan fingerprint density at radius 3 is 2.55 bits per heavy atom. The van der Waals surface area contributed by atoms with Crippen LogP contribution in [0.2, 0.25) is 5.02 Å². The number of hydrogen-bond donors (Lipinski definition) is 1. The summed E-state index contributed by atoms with van der Waals surface area (Å²) in [5, 5.41) is 18.0. The highest BCUT2D eigenvalue weighted by Crippen LogP contribution is 2.39. The molecule has 0 radical (unpaired) electrons. The molecular formula is C19H19ClN4O5. The number of hydrogen-bond acceptors (Lipinski definition) is 7.